The summed E-state index contributed by atoms with van der Waals surface area (Å²) in [6, 6.07) is 25.0. The number of hydrogen-bond donors (Lipinski definition) is 1. The van der Waals surface area contributed by atoms with Gasteiger partial charge in [0.2, 0.25) is 0 Å². The second kappa shape index (κ2) is 11.1. The van der Waals surface area contributed by atoms with Crippen molar-refractivity contribution in [2.45, 2.75) is 19.6 Å². The SMILES string of the molecule is C[C@@H](NC(=O)/C(C#N)=C\c1cc(Br)ccc1OCc1ccc(I)cc1)c1ccccc1. The maximum atomic E-state index is 12.7. The number of rotatable bonds is 7. The summed E-state index contributed by atoms with van der Waals surface area (Å²) >= 11 is 5.71. The van der Waals surface area contributed by atoms with Crippen LogP contribution < -0.4 is 10.1 Å². The Morgan fingerprint density at radius 1 is 1.16 bits per heavy atom. The zero-order valence-electron chi connectivity index (χ0n) is 16.8. The van der Waals surface area contributed by atoms with Crippen LogP contribution in [0.3, 0.4) is 0 Å². The molecular weight excluding hydrogens is 567 g/mol. The van der Waals surface area contributed by atoms with Gasteiger partial charge in [0.25, 0.3) is 5.91 Å². The third-order valence-corrected chi connectivity index (χ3v) is 5.80. The molecule has 0 radical (unpaired) electrons. The lowest BCUT2D eigenvalue weighted by molar-refractivity contribution is -0.117. The molecule has 3 rings (SSSR count). The van der Waals surface area contributed by atoms with Gasteiger partial charge in [-0.2, -0.15) is 5.26 Å². The highest BCUT2D eigenvalue weighted by Gasteiger charge is 2.15. The predicted octanol–water partition coefficient (Wildman–Crippen LogP) is 6.42. The van der Waals surface area contributed by atoms with Crippen LogP contribution in [0.2, 0.25) is 0 Å². The molecular formula is C25H20BrIN2O2. The summed E-state index contributed by atoms with van der Waals surface area (Å²) in [5.74, 6) is 0.167. The lowest BCUT2D eigenvalue weighted by Gasteiger charge is -2.14. The fourth-order valence-electron chi connectivity index (χ4n) is 2.91. The maximum absolute atomic E-state index is 12.7. The van der Waals surface area contributed by atoms with E-state index in [0.29, 0.717) is 17.9 Å². The Morgan fingerprint density at radius 2 is 1.87 bits per heavy atom. The number of nitrogens with zero attached hydrogens (tertiary/aromatic N) is 1. The lowest BCUT2D eigenvalue weighted by Crippen LogP contribution is -2.27. The Kier molecular flexibility index (Phi) is 8.27. The van der Waals surface area contributed by atoms with E-state index in [4.69, 9.17) is 4.74 Å². The number of carbonyl (C=O) groups is 1. The molecule has 6 heteroatoms. The summed E-state index contributed by atoms with van der Waals surface area (Å²) in [6.07, 6.45) is 1.56. The average Bonchev–Trinajstić information content (AvgIpc) is 2.78. The lowest BCUT2D eigenvalue weighted by atomic mass is 10.1. The van der Waals surface area contributed by atoms with E-state index < -0.39 is 5.91 Å². The third-order valence-electron chi connectivity index (χ3n) is 4.59. The number of ether oxygens (including phenoxy) is 1. The Balaban J connectivity index is 1.79. The van der Waals surface area contributed by atoms with Gasteiger partial charge in [0, 0.05) is 13.6 Å². The Labute approximate surface area is 204 Å². The van der Waals surface area contributed by atoms with Crippen LogP contribution in [-0.4, -0.2) is 5.91 Å². The van der Waals surface area contributed by atoms with E-state index in [0.717, 1.165) is 19.2 Å². The fraction of sp³-hybridized carbons (Fsp3) is 0.120. The number of halogens is 2. The standard InChI is InChI=1S/C25H20BrIN2O2/c1-17(19-5-3-2-4-6-19)29-25(30)21(15-28)13-20-14-22(26)9-12-24(20)31-16-18-7-10-23(27)11-8-18/h2-14,17H,16H2,1H3,(H,29,30)/b21-13-/t17-/m1/s1. The molecule has 1 amide bonds. The van der Waals surface area contributed by atoms with Gasteiger partial charge < -0.3 is 10.1 Å². The third kappa shape index (κ3) is 6.68. The molecule has 0 bridgehead atoms. The van der Waals surface area contributed by atoms with Crippen LogP contribution in [0.1, 0.15) is 29.7 Å². The van der Waals surface area contributed by atoms with Gasteiger partial charge in [-0.1, -0.05) is 58.4 Å². The molecule has 1 N–H and O–H groups in total. The van der Waals surface area contributed by atoms with Crippen LogP contribution in [0.25, 0.3) is 6.08 Å². The van der Waals surface area contributed by atoms with Crippen molar-refractivity contribution in [1.29, 1.82) is 5.26 Å². The highest BCUT2D eigenvalue weighted by Crippen LogP contribution is 2.27. The first-order valence-electron chi connectivity index (χ1n) is 9.60. The fourth-order valence-corrected chi connectivity index (χ4v) is 3.65. The minimum Gasteiger partial charge on any atom is -0.488 e. The molecule has 0 spiro atoms. The van der Waals surface area contributed by atoms with Crippen LogP contribution in [0.5, 0.6) is 5.75 Å². The van der Waals surface area contributed by atoms with E-state index in [9.17, 15) is 10.1 Å². The summed E-state index contributed by atoms with van der Waals surface area (Å²) in [5.41, 5.74) is 2.67. The topological polar surface area (TPSA) is 62.1 Å². The van der Waals surface area contributed by atoms with Gasteiger partial charge in [0.1, 0.15) is 24.0 Å². The van der Waals surface area contributed by atoms with Crippen molar-refractivity contribution in [2.24, 2.45) is 0 Å². The molecule has 0 aliphatic heterocycles. The second-order valence-corrected chi connectivity index (χ2v) is 9.03. The number of benzene rings is 3. The molecule has 0 aromatic heterocycles. The average molecular weight is 587 g/mol. The molecule has 4 nitrogen and oxygen atoms in total. The summed E-state index contributed by atoms with van der Waals surface area (Å²) < 4.78 is 7.97. The summed E-state index contributed by atoms with van der Waals surface area (Å²) in [5, 5.41) is 12.5. The van der Waals surface area contributed by atoms with Crippen molar-refractivity contribution in [2.75, 3.05) is 0 Å². The van der Waals surface area contributed by atoms with Crippen molar-refractivity contribution in [3.63, 3.8) is 0 Å². The van der Waals surface area contributed by atoms with Gasteiger partial charge >= 0.3 is 0 Å². The Hall–Kier alpha value is -2.63. The van der Waals surface area contributed by atoms with Crippen molar-refractivity contribution in [1.82, 2.24) is 5.32 Å². The minimum absolute atomic E-state index is 0.0139. The molecule has 3 aromatic carbocycles. The van der Waals surface area contributed by atoms with Crippen LogP contribution in [0, 0.1) is 14.9 Å². The van der Waals surface area contributed by atoms with E-state index in [-0.39, 0.29) is 11.6 Å². The molecule has 0 saturated carbocycles. The zero-order chi connectivity index (χ0) is 22.2. The molecule has 0 aliphatic carbocycles. The molecule has 0 fully saturated rings. The van der Waals surface area contributed by atoms with E-state index in [1.807, 2.05) is 85.8 Å². The van der Waals surface area contributed by atoms with Crippen molar-refractivity contribution in [3.05, 3.63) is 103 Å². The molecule has 0 aliphatic rings. The first-order valence-corrected chi connectivity index (χ1v) is 11.5. The second-order valence-electron chi connectivity index (χ2n) is 6.87. The van der Waals surface area contributed by atoms with Gasteiger partial charge in [-0.15, -0.1) is 0 Å². The molecule has 31 heavy (non-hydrogen) atoms. The number of nitriles is 1. The minimum atomic E-state index is -0.428. The molecule has 1 atom stereocenters. The first kappa shape index (κ1) is 23.0. The Bertz CT molecular complexity index is 1120. The number of amides is 1. The van der Waals surface area contributed by atoms with Crippen LogP contribution in [0.15, 0.2) is 82.8 Å². The van der Waals surface area contributed by atoms with E-state index >= 15 is 0 Å². The quantitative estimate of drug-likeness (QED) is 0.197. The van der Waals surface area contributed by atoms with Crippen molar-refractivity contribution >= 4 is 50.5 Å². The van der Waals surface area contributed by atoms with Crippen molar-refractivity contribution in [3.8, 4) is 11.8 Å². The van der Waals surface area contributed by atoms with Crippen molar-refractivity contribution < 1.29 is 9.53 Å². The maximum Gasteiger partial charge on any atom is 0.262 e. The van der Waals surface area contributed by atoms with Crippen LogP contribution in [0.4, 0.5) is 0 Å². The van der Waals surface area contributed by atoms with Crippen LogP contribution in [-0.2, 0) is 11.4 Å². The highest BCUT2D eigenvalue weighted by atomic mass is 127. The Morgan fingerprint density at radius 3 is 2.55 bits per heavy atom. The van der Waals surface area contributed by atoms with Gasteiger partial charge in [-0.25, -0.2) is 0 Å². The normalized spacial score (nSPS) is 12.0. The zero-order valence-corrected chi connectivity index (χ0v) is 20.6. The summed E-state index contributed by atoms with van der Waals surface area (Å²) in [7, 11) is 0. The summed E-state index contributed by atoms with van der Waals surface area (Å²) in [6.45, 7) is 2.27. The monoisotopic (exact) mass is 586 g/mol. The number of carbonyl (C=O) groups excluding carboxylic acids is 1. The molecule has 156 valence electrons. The molecule has 0 unspecified atom stereocenters. The predicted molar refractivity (Wildman–Crippen MR) is 134 cm³/mol. The molecule has 3 aromatic rings. The summed E-state index contributed by atoms with van der Waals surface area (Å²) in [4.78, 5) is 12.7. The van der Waals surface area contributed by atoms with E-state index in [1.165, 1.54) is 0 Å². The number of nitrogens with one attached hydrogen (secondary N) is 1. The molecule has 0 heterocycles. The molecule has 0 saturated heterocycles. The first-order chi connectivity index (χ1) is 15.0. The van der Waals surface area contributed by atoms with Gasteiger partial charge in [-0.3, -0.25) is 4.79 Å². The van der Waals surface area contributed by atoms with Gasteiger partial charge in [-0.05, 0) is 77.0 Å². The van der Waals surface area contributed by atoms with E-state index in [1.54, 1.807) is 6.08 Å². The smallest absolute Gasteiger partial charge is 0.262 e. The van der Waals surface area contributed by atoms with Gasteiger partial charge in [0.05, 0.1) is 6.04 Å². The number of hydrogen-bond acceptors (Lipinski definition) is 3. The highest BCUT2D eigenvalue weighted by molar-refractivity contribution is 14.1. The van der Waals surface area contributed by atoms with Crippen LogP contribution >= 0.6 is 38.5 Å². The van der Waals surface area contributed by atoms with Gasteiger partial charge in [0.15, 0.2) is 0 Å². The van der Waals surface area contributed by atoms with E-state index in [2.05, 4.69) is 43.8 Å². The largest absolute Gasteiger partial charge is 0.488 e.